The zero-order chi connectivity index (χ0) is 13.7. The number of nitrogens with zero attached hydrogens (tertiary/aromatic N) is 3. The van der Waals surface area contributed by atoms with Crippen molar-refractivity contribution in [2.75, 3.05) is 6.61 Å². The molecule has 0 aliphatic carbocycles. The Balaban J connectivity index is 1.58. The molecule has 4 heterocycles. The first-order valence-corrected chi connectivity index (χ1v) is 8.79. The summed E-state index contributed by atoms with van der Waals surface area (Å²) in [6, 6.07) is -0.141. The molecule has 2 saturated heterocycles. The van der Waals surface area contributed by atoms with E-state index in [1.807, 2.05) is 4.90 Å². The molecule has 0 saturated carbocycles. The van der Waals surface area contributed by atoms with Gasteiger partial charge in [0.1, 0.15) is 0 Å². The Bertz CT molecular complexity index is 451. The van der Waals surface area contributed by atoms with Crippen molar-refractivity contribution in [1.29, 1.82) is 0 Å². The fourth-order valence-corrected chi connectivity index (χ4v) is 5.26. The van der Waals surface area contributed by atoms with Crippen molar-refractivity contribution in [3.8, 4) is 0 Å². The number of aliphatic hydroxyl groups is 1. The fraction of sp³-hybridized carbons (Fsp3) is 0.800. The molecule has 4 N–H and O–H groups in total. The van der Waals surface area contributed by atoms with Gasteiger partial charge in [-0.1, -0.05) is 0 Å². The van der Waals surface area contributed by atoms with Crippen molar-refractivity contribution in [3.05, 3.63) is 0 Å². The van der Waals surface area contributed by atoms with Crippen molar-refractivity contribution in [2.24, 2.45) is 15.7 Å². The van der Waals surface area contributed by atoms with E-state index in [9.17, 15) is 5.11 Å². The molecule has 4 rings (SSSR count). The summed E-state index contributed by atoms with van der Waals surface area (Å²) in [5.74, 6) is 0. The van der Waals surface area contributed by atoms with Gasteiger partial charge in [-0.3, -0.25) is 0 Å². The Morgan fingerprint density at radius 1 is 1.35 bits per heavy atom. The van der Waals surface area contributed by atoms with Crippen LogP contribution >= 0.6 is 0 Å². The molecule has 108 valence electrons. The molecule has 0 bridgehead atoms. The van der Waals surface area contributed by atoms with Crippen LogP contribution in [0, 0.1) is 0 Å². The van der Waals surface area contributed by atoms with E-state index < -0.39 is 22.0 Å². The van der Waals surface area contributed by atoms with Crippen LogP contribution in [-0.2, 0) is 10.9 Å². The van der Waals surface area contributed by atoms with Crippen LogP contribution < -0.4 is 11.1 Å². The normalized spacial score (nSPS) is 49.3. The van der Waals surface area contributed by atoms with Crippen LogP contribution in [0.2, 0.25) is 0 Å². The number of nitrogens with two attached hydrogens (primary N) is 1. The van der Waals surface area contributed by atoms with E-state index in [0.717, 1.165) is 0 Å². The van der Waals surface area contributed by atoms with Crippen LogP contribution in [0.15, 0.2) is 9.98 Å². The fourth-order valence-electron chi connectivity index (χ4n) is 2.94. The van der Waals surface area contributed by atoms with E-state index in [-0.39, 0.29) is 49.5 Å². The van der Waals surface area contributed by atoms with Gasteiger partial charge in [0, 0.05) is 0 Å². The molecule has 10 heteroatoms. The van der Waals surface area contributed by atoms with Gasteiger partial charge in [0.15, 0.2) is 0 Å². The first kappa shape index (κ1) is 13.2. The van der Waals surface area contributed by atoms with Crippen LogP contribution in [0.4, 0.5) is 0 Å². The topological polar surface area (TPSA) is 114 Å². The average Bonchev–Trinajstić information content (AvgIpc) is 3.12. The molecule has 0 aromatic rings. The SMILES string of the molecule is N[C@@H]1NC=N[C@@H]2[C@@H]1N=CN2[C@@H]1O[C@H](CO)[C@H]2[O][Sn][O][C@H]21. The molecule has 7 atom stereocenters. The third-order valence-corrected chi connectivity index (χ3v) is 6.08. The summed E-state index contributed by atoms with van der Waals surface area (Å²) in [4.78, 5) is 10.7. The first-order valence-electron chi connectivity index (χ1n) is 6.46. The van der Waals surface area contributed by atoms with Gasteiger partial charge in [0.05, 0.1) is 0 Å². The minimum atomic E-state index is -1.26. The Labute approximate surface area is 126 Å². The molecule has 20 heavy (non-hydrogen) atoms. The summed E-state index contributed by atoms with van der Waals surface area (Å²) in [6.45, 7) is -0.0795. The summed E-state index contributed by atoms with van der Waals surface area (Å²) in [6.07, 6.45) is 1.83. The van der Waals surface area contributed by atoms with E-state index in [2.05, 4.69) is 15.3 Å². The molecule has 0 spiro atoms. The van der Waals surface area contributed by atoms with Gasteiger partial charge in [-0.2, -0.15) is 0 Å². The van der Waals surface area contributed by atoms with Crippen LogP contribution in [0.5, 0.6) is 0 Å². The number of rotatable bonds is 2. The second-order valence-electron chi connectivity index (χ2n) is 5.08. The summed E-state index contributed by atoms with van der Waals surface area (Å²) >= 11 is -1.26. The minimum absolute atomic E-state index is 0.0795. The van der Waals surface area contributed by atoms with Gasteiger partial charge < -0.3 is 0 Å². The Morgan fingerprint density at radius 3 is 3.05 bits per heavy atom. The number of aliphatic hydroxyl groups excluding tert-OH is 1. The van der Waals surface area contributed by atoms with Crippen molar-refractivity contribution in [2.45, 2.75) is 42.9 Å². The quantitative estimate of drug-likeness (QED) is 0.432. The molecule has 9 nitrogen and oxygen atoms in total. The standard InChI is InChI=1S/C10H15N5O4.Sn/c11-8-5-9(13-2-12-8)15(3-14-5)10-7(18)6(17)4(1-16)19-10;/h2-10,16H,1,11H2,(H,12,13);/q-2;+2/t4-,5-,6-,7-,8-,9+,10-;/m1./s1. The third-order valence-electron chi connectivity index (χ3n) is 3.97. The van der Waals surface area contributed by atoms with E-state index in [1.165, 1.54) is 0 Å². The summed E-state index contributed by atoms with van der Waals surface area (Å²) in [5, 5.41) is 12.3. The summed E-state index contributed by atoms with van der Waals surface area (Å²) < 4.78 is 17.3. The Kier molecular flexibility index (Phi) is 3.35. The number of hydrogen-bond acceptors (Lipinski definition) is 9. The van der Waals surface area contributed by atoms with Crippen LogP contribution in [-0.4, -0.2) is 94.2 Å². The number of aliphatic imine (C=N–C) groups is 2. The first-order chi connectivity index (χ1) is 9.79. The molecule has 2 radical (unpaired) electrons. The molecule has 0 unspecified atom stereocenters. The second-order valence-corrected chi connectivity index (χ2v) is 6.90. The monoisotopic (exact) mass is 389 g/mol. The number of fused-ring (bicyclic) bond motifs is 2. The maximum absolute atomic E-state index is 9.39. The molecular weight excluding hydrogens is 373 g/mol. The van der Waals surface area contributed by atoms with E-state index >= 15 is 0 Å². The molecule has 0 aromatic carbocycles. The van der Waals surface area contributed by atoms with Gasteiger partial charge in [0.2, 0.25) is 0 Å². The van der Waals surface area contributed by atoms with Crippen molar-refractivity contribution in [3.63, 3.8) is 0 Å². The molecule has 4 aliphatic heterocycles. The molecule has 0 amide bonds. The zero-order valence-electron chi connectivity index (χ0n) is 10.5. The number of hydrogen-bond donors (Lipinski definition) is 3. The predicted octanol–water partition coefficient (Wildman–Crippen LogP) is -3.02. The predicted molar refractivity (Wildman–Crippen MR) is 68.8 cm³/mol. The van der Waals surface area contributed by atoms with Crippen molar-refractivity contribution >= 4 is 34.6 Å². The van der Waals surface area contributed by atoms with Crippen molar-refractivity contribution in [1.82, 2.24) is 10.2 Å². The second kappa shape index (κ2) is 5.07. The average molecular weight is 388 g/mol. The van der Waals surface area contributed by atoms with Gasteiger partial charge in [-0.15, -0.1) is 0 Å². The molecule has 0 aromatic heterocycles. The maximum atomic E-state index is 9.39. The van der Waals surface area contributed by atoms with Gasteiger partial charge in [-0.05, 0) is 0 Å². The van der Waals surface area contributed by atoms with Crippen LogP contribution in [0.3, 0.4) is 0 Å². The third kappa shape index (κ3) is 1.88. The number of nitrogens with one attached hydrogen (secondary N) is 1. The Hall–Kier alpha value is -0.461. The summed E-state index contributed by atoms with van der Waals surface area (Å²) in [7, 11) is 0. The molecule has 2 fully saturated rings. The Morgan fingerprint density at radius 2 is 2.20 bits per heavy atom. The number of ether oxygens (including phenoxy) is 1. The van der Waals surface area contributed by atoms with E-state index in [4.69, 9.17) is 16.6 Å². The van der Waals surface area contributed by atoms with Crippen LogP contribution in [0.1, 0.15) is 0 Å². The molecular formula is C10H15N5O4Sn. The van der Waals surface area contributed by atoms with Gasteiger partial charge >= 0.3 is 126 Å². The van der Waals surface area contributed by atoms with Crippen molar-refractivity contribution < 1.29 is 16.0 Å². The zero-order valence-corrected chi connectivity index (χ0v) is 13.3. The van der Waals surface area contributed by atoms with Gasteiger partial charge in [0.25, 0.3) is 0 Å². The summed E-state index contributed by atoms with van der Waals surface area (Å²) in [5.41, 5.74) is 5.97. The van der Waals surface area contributed by atoms with Gasteiger partial charge in [-0.25, -0.2) is 0 Å². The van der Waals surface area contributed by atoms with E-state index in [0.29, 0.717) is 0 Å². The van der Waals surface area contributed by atoms with Crippen LogP contribution in [0.25, 0.3) is 0 Å². The molecule has 4 aliphatic rings. The van der Waals surface area contributed by atoms with E-state index in [1.54, 1.807) is 12.7 Å².